The lowest BCUT2D eigenvalue weighted by Crippen LogP contribution is -2.24. The number of esters is 1. The van der Waals surface area contributed by atoms with E-state index in [0.717, 1.165) is 5.56 Å². The Hall–Kier alpha value is -3.85. The number of ether oxygens (including phenoxy) is 2. The van der Waals surface area contributed by atoms with Gasteiger partial charge in [0.25, 0.3) is 0 Å². The predicted molar refractivity (Wildman–Crippen MR) is 125 cm³/mol. The summed E-state index contributed by atoms with van der Waals surface area (Å²) in [6.45, 7) is 0.433. The lowest BCUT2D eigenvalue weighted by Gasteiger charge is -2.18. The zero-order valence-corrected chi connectivity index (χ0v) is 19.4. The van der Waals surface area contributed by atoms with Gasteiger partial charge >= 0.3 is 16.1 Å². The van der Waals surface area contributed by atoms with E-state index in [1.165, 1.54) is 38.5 Å². The van der Waals surface area contributed by atoms with Crippen LogP contribution in [0.1, 0.15) is 28.3 Å². The number of amides is 1. The summed E-state index contributed by atoms with van der Waals surface area (Å²) in [4.78, 5) is 26.3. The van der Waals surface area contributed by atoms with E-state index >= 15 is 0 Å². The highest BCUT2D eigenvalue weighted by Crippen LogP contribution is 2.35. The zero-order chi connectivity index (χ0) is 24.3. The van der Waals surface area contributed by atoms with Gasteiger partial charge in [0.2, 0.25) is 5.91 Å². The topological polar surface area (TPSA) is 99.2 Å². The molecule has 1 saturated heterocycles. The Balaban J connectivity index is 1.49. The fourth-order valence-corrected chi connectivity index (χ4v) is 4.82. The molecule has 0 spiro atoms. The number of methoxy groups -OCH3 is 2. The Kier molecular flexibility index (Phi) is 6.56. The van der Waals surface area contributed by atoms with E-state index in [2.05, 4.69) is 0 Å². The Bertz CT molecular complexity index is 1300. The van der Waals surface area contributed by atoms with Crippen LogP contribution in [-0.4, -0.2) is 41.1 Å². The number of anilines is 1. The molecule has 1 atom stereocenters. The van der Waals surface area contributed by atoms with E-state index in [1.54, 1.807) is 53.4 Å². The molecule has 3 aromatic carbocycles. The van der Waals surface area contributed by atoms with E-state index in [4.69, 9.17) is 13.7 Å². The largest absolute Gasteiger partial charge is 0.496 e. The third-order valence-electron chi connectivity index (χ3n) is 5.61. The number of carbonyl (C=O) groups excluding carboxylic acids is 2. The van der Waals surface area contributed by atoms with Gasteiger partial charge in [0.1, 0.15) is 22.0 Å². The van der Waals surface area contributed by atoms with E-state index in [-0.39, 0.29) is 22.5 Å². The second-order valence-corrected chi connectivity index (χ2v) is 9.25. The molecule has 3 aromatic rings. The molecule has 9 heteroatoms. The summed E-state index contributed by atoms with van der Waals surface area (Å²) in [5, 5.41) is 0. The Morgan fingerprint density at radius 3 is 2.32 bits per heavy atom. The molecule has 0 bridgehead atoms. The highest BCUT2D eigenvalue weighted by atomic mass is 32.2. The maximum atomic E-state index is 12.7. The first-order valence-corrected chi connectivity index (χ1v) is 11.9. The molecule has 0 aromatic heterocycles. The quantitative estimate of drug-likeness (QED) is 0.374. The van der Waals surface area contributed by atoms with Crippen LogP contribution in [0.25, 0.3) is 0 Å². The van der Waals surface area contributed by atoms with Crippen LogP contribution in [0, 0.1) is 0 Å². The minimum atomic E-state index is -3.94. The van der Waals surface area contributed by atoms with Gasteiger partial charge in [0, 0.05) is 24.6 Å². The third kappa shape index (κ3) is 4.74. The molecule has 8 nitrogen and oxygen atoms in total. The highest BCUT2D eigenvalue weighted by Gasteiger charge is 2.32. The van der Waals surface area contributed by atoms with Gasteiger partial charge in [-0.2, -0.15) is 8.42 Å². The summed E-state index contributed by atoms with van der Waals surface area (Å²) >= 11 is 0. The Morgan fingerprint density at radius 1 is 0.971 bits per heavy atom. The molecule has 1 fully saturated rings. The van der Waals surface area contributed by atoms with E-state index in [0.29, 0.717) is 30.0 Å². The van der Waals surface area contributed by atoms with Crippen molar-refractivity contribution in [3.63, 3.8) is 0 Å². The van der Waals surface area contributed by atoms with Crippen molar-refractivity contribution >= 4 is 27.7 Å². The summed E-state index contributed by atoms with van der Waals surface area (Å²) < 4.78 is 40.1. The van der Waals surface area contributed by atoms with Crippen LogP contribution < -0.4 is 13.8 Å². The van der Waals surface area contributed by atoms with Crippen molar-refractivity contribution in [2.45, 2.75) is 17.2 Å². The molecule has 1 amide bonds. The highest BCUT2D eigenvalue weighted by molar-refractivity contribution is 7.87. The van der Waals surface area contributed by atoms with Crippen LogP contribution in [0.2, 0.25) is 0 Å². The molecule has 176 valence electrons. The smallest absolute Gasteiger partial charge is 0.341 e. The van der Waals surface area contributed by atoms with Crippen molar-refractivity contribution < 1.29 is 31.7 Å². The van der Waals surface area contributed by atoms with Crippen LogP contribution in [0.3, 0.4) is 0 Å². The van der Waals surface area contributed by atoms with E-state index in [9.17, 15) is 18.0 Å². The standard InChI is InChI=1S/C25H23NO7S/c1-31-23-14-17(8-13-22(23)25(28)32-2)18-15-24(27)26(16-18)19-9-11-20(12-10-19)33-34(29,30)21-6-4-3-5-7-21/h3-14,18H,15-16H2,1-2H3. The van der Waals surface area contributed by atoms with Crippen molar-refractivity contribution in [1.29, 1.82) is 0 Å². The van der Waals surface area contributed by atoms with Crippen molar-refractivity contribution in [3.8, 4) is 11.5 Å². The van der Waals surface area contributed by atoms with Gasteiger partial charge in [-0.15, -0.1) is 0 Å². The Morgan fingerprint density at radius 2 is 1.68 bits per heavy atom. The van der Waals surface area contributed by atoms with Gasteiger partial charge in [0.05, 0.1) is 14.2 Å². The maximum Gasteiger partial charge on any atom is 0.341 e. The molecule has 1 aliphatic rings. The summed E-state index contributed by atoms with van der Waals surface area (Å²) in [5.74, 6) is -0.117. The van der Waals surface area contributed by atoms with E-state index in [1.807, 2.05) is 0 Å². The van der Waals surface area contributed by atoms with Crippen molar-refractivity contribution in [1.82, 2.24) is 0 Å². The minimum absolute atomic E-state index is 0.0604. The summed E-state index contributed by atoms with van der Waals surface area (Å²) in [7, 11) is -1.17. The fraction of sp³-hybridized carbons (Fsp3) is 0.200. The lowest BCUT2D eigenvalue weighted by atomic mass is 9.96. The van der Waals surface area contributed by atoms with Crippen molar-refractivity contribution in [2.24, 2.45) is 0 Å². The number of hydrogen-bond acceptors (Lipinski definition) is 7. The molecule has 34 heavy (non-hydrogen) atoms. The third-order valence-corrected chi connectivity index (χ3v) is 6.87. The van der Waals surface area contributed by atoms with Crippen LogP contribution in [0.4, 0.5) is 5.69 Å². The monoisotopic (exact) mass is 481 g/mol. The second-order valence-electron chi connectivity index (χ2n) is 7.70. The van der Waals surface area contributed by atoms with E-state index < -0.39 is 16.1 Å². The molecule has 0 saturated carbocycles. The fourth-order valence-electron chi connectivity index (χ4n) is 3.86. The predicted octanol–water partition coefficient (Wildman–Crippen LogP) is 3.77. The SMILES string of the molecule is COC(=O)c1ccc(C2CC(=O)N(c3ccc(OS(=O)(=O)c4ccccc4)cc3)C2)cc1OC. The second kappa shape index (κ2) is 9.56. The van der Waals surface area contributed by atoms with Gasteiger partial charge in [-0.1, -0.05) is 24.3 Å². The summed E-state index contributed by atoms with van der Waals surface area (Å²) in [5.41, 5.74) is 1.82. The average molecular weight is 482 g/mol. The number of nitrogens with zero attached hydrogens (tertiary/aromatic N) is 1. The molecule has 1 aliphatic heterocycles. The molecule has 4 rings (SSSR count). The van der Waals surface area contributed by atoms with Gasteiger partial charge in [-0.3, -0.25) is 4.79 Å². The molecule has 0 radical (unpaired) electrons. The minimum Gasteiger partial charge on any atom is -0.496 e. The van der Waals surface area contributed by atoms with Crippen molar-refractivity contribution in [2.75, 3.05) is 25.7 Å². The summed E-state index contributed by atoms with van der Waals surface area (Å²) in [6.07, 6.45) is 0.293. The molecule has 0 aliphatic carbocycles. The first kappa shape index (κ1) is 23.3. The molecule has 1 heterocycles. The zero-order valence-electron chi connectivity index (χ0n) is 18.6. The number of benzene rings is 3. The number of rotatable bonds is 7. The number of carbonyl (C=O) groups is 2. The molecule has 1 unspecified atom stereocenters. The van der Waals surface area contributed by atoms with Gasteiger partial charge in [-0.05, 0) is 54.1 Å². The Labute approximate surface area is 197 Å². The normalized spacial score (nSPS) is 15.8. The maximum absolute atomic E-state index is 12.7. The lowest BCUT2D eigenvalue weighted by molar-refractivity contribution is -0.117. The molecular weight excluding hydrogens is 458 g/mol. The van der Waals surface area contributed by atoms with Gasteiger partial charge in [-0.25, -0.2) is 4.79 Å². The van der Waals surface area contributed by atoms with Crippen LogP contribution in [-0.2, 0) is 19.6 Å². The molecular formula is C25H23NO7S. The summed E-state index contributed by atoms with van der Waals surface area (Å²) in [6, 6.07) is 19.4. The first-order valence-electron chi connectivity index (χ1n) is 10.5. The van der Waals surface area contributed by atoms with Gasteiger partial charge < -0.3 is 18.6 Å². The van der Waals surface area contributed by atoms with Crippen LogP contribution in [0.15, 0.2) is 77.7 Å². The van der Waals surface area contributed by atoms with Crippen molar-refractivity contribution in [3.05, 3.63) is 83.9 Å². The van der Waals surface area contributed by atoms with Crippen LogP contribution in [0.5, 0.6) is 11.5 Å². The number of hydrogen-bond donors (Lipinski definition) is 0. The average Bonchev–Trinajstić information content (AvgIpc) is 3.25. The van der Waals surface area contributed by atoms with Gasteiger partial charge in [0.15, 0.2) is 0 Å². The first-order chi connectivity index (χ1) is 16.3. The molecule has 0 N–H and O–H groups in total. The van der Waals surface area contributed by atoms with Crippen LogP contribution >= 0.6 is 0 Å².